The van der Waals surface area contributed by atoms with Crippen LogP contribution in [0.25, 0.3) is 0 Å². The molecule has 1 fully saturated rings. The number of hydrogen-bond donors (Lipinski definition) is 2. The van der Waals surface area contributed by atoms with Crippen molar-refractivity contribution in [3.05, 3.63) is 0 Å². The van der Waals surface area contributed by atoms with E-state index in [2.05, 4.69) is 4.72 Å². The first-order valence-electron chi connectivity index (χ1n) is 3.77. The molecule has 1 rings (SSSR count). The van der Waals surface area contributed by atoms with E-state index in [-0.39, 0.29) is 11.3 Å². The molecule has 0 saturated heterocycles. The van der Waals surface area contributed by atoms with Crippen molar-refractivity contribution in [3.8, 4) is 0 Å². The van der Waals surface area contributed by atoms with Crippen LogP contribution in [0.2, 0.25) is 0 Å². The maximum atomic E-state index is 11.2. The molecule has 0 spiro atoms. The van der Waals surface area contributed by atoms with Crippen LogP contribution in [0.3, 0.4) is 0 Å². The lowest BCUT2D eigenvalue weighted by molar-refractivity contribution is 0.561. The van der Waals surface area contributed by atoms with Gasteiger partial charge in [0.05, 0.1) is 5.25 Å². The van der Waals surface area contributed by atoms with Gasteiger partial charge in [0.2, 0.25) is 10.0 Å². The molecule has 4 nitrogen and oxygen atoms in total. The molecular weight excluding hydrogens is 164 g/mol. The van der Waals surface area contributed by atoms with E-state index in [0.29, 0.717) is 6.54 Å². The predicted octanol–water partition coefficient (Wildman–Crippen LogP) is -0.585. The smallest absolute Gasteiger partial charge is 0.214 e. The summed E-state index contributed by atoms with van der Waals surface area (Å²) >= 11 is 0. The van der Waals surface area contributed by atoms with E-state index in [1.807, 2.05) is 0 Å². The molecule has 1 saturated carbocycles. The third-order valence-electron chi connectivity index (χ3n) is 1.68. The molecule has 11 heavy (non-hydrogen) atoms. The average molecular weight is 178 g/mol. The Morgan fingerprint density at radius 1 is 1.64 bits per heavy atom. The standard InChI is InChI=1S/C6H14N2O2S/c1-5(4-7)8-11(9,10)6-2-3-6/h5-6,8H,2-4,7H2,1H3. The fraction of sp³-hybridized carbons (Fsp3) is 1.00. The molecule has 0 amide bonds. The van der Waals surface area contributed by atoms with Crippen LogP contribution in [0, 0.1) is 0 Å². The Balaban J connectivity index is 2.46. The lowest BCUT2D eigenvalue weighted by atomic mass is 10.4. The number of nitrogens with two attached hydrogens (primary N) is 1. The maximum Gasteiger partial charge on any atom is 0.214 e. The minimum absolute atomic E-state index is 0.138. The Morgan fingerprint density at radius 2 is 2.18 bits per heavy atom. The molecule has 0 aliphatic heterocycles. The zero-order valence-electron chi connectivity index (χ0n) is 6.58. The molecule has 0 radical (unpaired) electrons. The second-order valence-electron chi connectivity index (χ2n) is 3.00. The molecule has 0 aromatic heterocycles. The van der Waals surface area contributed by atoms with Crippen molar-refractivity contribution >= 4 is 10.0 Å². The van der Waals surface area contributed by atoms with Gasteiger partial charge >= 0.3 is 0 Å². The summed E-state index contributed by atoms with van der Waals surface area (Å²) in [5.41, 5.74) is 5.27. The van der Waals surface area contributed by atoms with Crippen molar-refractivity contribution in [3.63, 3.8) is 0 Å². The van der Waals surface area contributed by atoms with E-state index in [4.69, 9.17) is 5.73 Å². The van der Waals surface area contributed by atoms with E-state index in [1.165, 1.54) is 0 Å². The molecule has 0 heterocycles. The van der Waals surface area contributed by atoms with Gasteiger partial charge in [0.25, 0.3) is 0 Å². The van der Waals surface area contributed by atoms with Gasteiger partial charge < -0.3 is 5.73 Å². The Kier molecular flexibility index (Phi) is 2.51. The first-order chi connectivity index (χ1) is 5.06. The van der Waals surface area contributed by atoms with Crippen LogP contribution in [0.15, 0.2) is 0 Å². The Bertz CT molecular complexity index is 221. The van der Waals surface area contributed by atoms with Gasteiger partial charge in [0, 0.05) is 12.6 Å². The van der Waals surface area contributed by atoms with E-state index < -0.39 is 10.0 Å². The van der Waals surface area contributed by atoms with Gasteiger partial charge in [-0.2, -0.15) is 0 Å². The fourth-order valence-electron chi connectivity index (χ4n) is 0.803. The van der Waals surface area contributed by atoms with Crippen LogP contribution >= 0.6 is 0 Å². The maximum absolute atomic E-state index is 11.2. The van der Waals surface area contributed by atoms with Gasteiger partial charge in [-0.3, -0.25) is 0 Å². The molecule has 0 aromatic rings. The lowest BCUT2D eigenvalue weighted by Crippen LogP contribution is -2.39. The van der Waals surface area contributed by atoms with Crippen LogP contribution in [-0.2, 0) is 10.0 Å². The van der Waals surface area contributed by atoms with Gasteiger partial charge in [0.15, 0.2) is 0 Å². The lowest BCUT2D eigenvalue weighted by Gasteiger charge is -2.10. The highest BCUT2D eigenvalue weighted by atomic mass is 32.2. The number of hydrogen-bond acceptors (Lipinski definition) is 3. The predicted molar refractivity (Wildman–Crippen MR) is 43.6 cm³/mol. The number of rotatable bonds is 4. The number of sulfonamides is 1. The molecule has 5 heteroatoms. The minimum Gasteiger partial charge on any atom is -0.329 e. The third-order valence-corrected chi connectivity index (χ3v) is 3.76. The first kappa shape index (κ1) is 8.96. The third kappa shape index (κ3) is 2.43. The van der Waals surface area contributed by atoms with Crippen molar-refractivity contribution < 1.29 is 8.42 Å². The zero-order valence-corrected chi connectivity index (χ0v) is 7.39. The van der Waals surface area contributed by atoms with Crippen LogP contribution < -0.4 is 10.5 Å². The summed E-state index contributed by atoms with van der Waals surface area (Å²) in [5.74, 6) is 0. The van der Waals surface area contributed by atoms with Crippen molar-refractivity contribution in [1.82, 2.24) is 4.72 Å². The highest BCUT2D eigenvalue weighted by Gasteiger charge is 2.35. The second kappa shape index (κ2) is 3.08. The van der Waals surface area contributed by atoms with E-state index in [1.54, 1.807) is 6.92 Å². The van der Waals surface area contributed by atoms with Crippen molar-refractivity contribution in [2.45, 2.75) is 31.1 Å². The molecular formula is C6H14N2O2S. The van der Waals surface area contributed by atoms with E-state index >= 15 is 0 Å². The molecule has 1 aliphatic rings. The monoisotopic (exact) mass is 178 g/mol. The molecule has 1 atom stereocenters. The summed E-state index contributed by atoms with van der Waals surface area (Å²) < 4.78 is 24.9. The summed E-state index contributed by atoms with van der Waals surface area (Å²) in [6.45, 7) is 2.12. The Morgan fingerprint density at radius 3 is 2.55 bits per heavy atom. The largest absolute Gasteiger partial charge is 0.329 e. The van der Waals surface area contributed by atoms with Gasteiger partial charge in [0.1, 0.15) is 0 Å². The van der Waals surface area contributed by atoms with Crippen molar-refractivity contribution in [1.29, 1.82) is 0 Å². The van der Waals surface area contributed by atoms with Crippen LogP contribution in [0.1, 0.15) is 19.8 Å². The molecule has 1 unspecified atom stereocenters. The summed E-state index contributed by atoms with van der Waals surface area (Å²) in [5, 5.41) is -0.142. The van der Waals surface area contributed by atoms with E-state index in [0.717, 1.165) is 12.8 Å². The quantitative estimate of drug-likeness (QED) is 0.604. The van der Waals surface area contributed by atoms with Crippen molar-refractivity contribution in [2.75, 3.05) is 6.54 Å². The highest BCUT2D eigenvalue weighted by Crippen LogP contribution is 2.27. The SMILES string of the molecule is CC(CN)NS(=O)(=O)C1CC1. The summed E-state index contributed by atoms with van der Waals surface area (Å²) in [7, 11) is -3.03. The minimum atomic E-state index is -3.03. The van der Waals surface area contributed by atoms with Crippen molar-refractivity contribution in [2.24, 2.45) is 5.73 Å². The highest BCUT2D eigenvalue weighted by molar-refractivity contribution is 7.90. The molecule has 66 valence electrons. The first-order valence-corrected chi connectivity index (χ1v) is 5.32. The molecule has 3 N–H and O–H groups in total. The summed E-state index contributed by atoms with van der Waals surface area (Å²) in [6.07, 6.45) is 1.60. The molecule has 0 bridgehead atoms. The van der Waals surface area contributed by atoms with Gasteiger partial charge in [-0.15, -0.1) is 0 Å². The number of nitrogens with one attached hydrogen (secondary N) is 1. The van der Waals surface area contributed by atoms with E-state index in [9.17, 15) is 8.42 Å². The molecule has 0 aromatic carbocycles. The van der Waals surface area contributed by atoms with Crippen LogP contribution in [-0.4, -0.2) is 26.3 Å². The zero-order chi connectivity index (χ0) is 8.48. The average Bonchev–Trinajstić information content (AvgIpc) is 2.66. The van der Waals surface area contributed by atoms with Crippen LogP contribution in [0.5, 0.6) is 0 Å². The normalized spacial score (nSPS) is 21.6. The fourth-order valence-corrected chi connectivity index (χ4v) is 2.41. The van der Waals surface area contributed by atoms with Gasteiger partial charge in [-0.05, 0) is 19.8 Å². The van der Waals surface area contributed by atoms with Crippen LogP contribution in [0.4, 0.5) is 0 Å². The van der Waals surface area contributed by atoms with Gasteiger partial charge in [-0.1, -0.05) is 0 Å². The van der Waals surface area contributed by atoms with Gasteiger partial charge in [-0.25, -0.2) is 13.1 Å². The second-order valence-corrected chi connectivity index (χ2v) is 4.99. The summed E-state index contributed by atoms with van der Waals surface area (Å²) in [4.78, 5) is 0. The Hall–Kier alpha value is -0.130. The molecule has 1 aliphatic carbocycles. The summed E-state index contributed by atoms with van der Waals surface area (Å²) in [6, 6.07) is -0.138. The topological polar surface area (TPSA) is 72.2 Å². The Labute approximate surface area is 67.2 Å².